The predicted octanol–water partition coefficient (Wildman–Crippen LogP) is 4.39. The van der Waals surface area contributed by atoms with Crippen LogP contribution in [-0.2, 0) is 0 Å². The maximum Gasteiger partial charge on any atom is 0.131 e. The lowest BCUT2D eigenvalue weighted by Gasteiger charge is -2.23. The Balaban J connectivity index is 1.50. The van der Waals surface area contributed by atoms with Crippen LogP contribution in [0.5, 0.6) is 17.2 Å². The van der Waals surface area contributed by atoms with Gasteiger partial charge in [0.15, 0.2) is 0 Å². The van der Waals surface area contributed by atoms with E-state index in [4.69, 9.17) is 9.47 Å². The van der Waals surface area contributed by atoms with E-state index in [1.807, 2.05) is 54.6 Å². The number of hydrogen-bond acceptors (Lipinski definition) is 3. The van der Waals surface area contributed by atoms with Crippen LogP contribution in [0, 0.1) is 0 Å². The molecule has 1 N–H and O–H groups in total. The lowest BCUT2D eigenvalue weighted by Crippen LogP contribution is -2.35. The Labute approximate surface area is 132 Å². The van der Waals surface area contributed by atoms with Crippen LogP contribution in [0.25, 0.3) is 0 Å². The molecule has 22 heavy (non-hydrogen) atoms. The second kappa shape index (κ2) is 7.85. The van der Waals surface area contributed by atoms with Gasteiger partial charge >= 0.3 is 0 Å². The normalized spacial score (nSPS) is 17.9. The van der Waals surface area contributed by atoms with Gasteiger partial charge in [0.2, 0.25) is 0 Å². The van der Waals surface area contributed by atoms with Crippen molar-refractivity contribution in [2.75, 3.05) is 13.2 Å². The lowest BCUT2D eigenvalue weighted by atomic mass is 10.0. The monoisotopic (exact) mass is 297 g/mol. The molecule has 1 saturated heterocycles. The molecule has 0 amide bonds. The van der Waals surface area contributed by atoms with Gasteiger partial charge in [0.1, 0.15) is 17.2 Å². The van der Waals surface area contributed by atoms with E-state index >= 15 is 0 Å². The van der Waals surface area contributed by atoms with Crippen molar-refractivity contribution < 1.29 is 9.47 Å². The summed E-state index contributed by atoms with van der Waals surface area (Å²) in [5.74, 6) is 2.51. The average Bonchev–Trinajstić information content (AvgIpc) is 2.57. The first-order valence-corrected chi connectivity index (χ1v) is 8.09. The van der Waals surface area contributed by atoms with E-state index in [0.717, 1.165) is 36.8 Å². The highest BCUT2D eigenvalue weighted by atomic mass is 16.5. The molecule has 1 atom stereocenters. The minimum Gasteiger partial charge on any atom is -0.493 e. The van der Waals surface area contributed by atoms with Gasteiger partial charge in [-0.05, 0) is 50.1 Å². The molecule has 3 rings (SSSR count). The van der Waals surface area contributed by atoms with Gasteiger partial charge in [-0.25, -0.2) is 0 Å². The van der Waals surface area contributed by atoms with Crippen LogP contribution in [0.3, 0.4) is 0 Å². The molecule has 2 aromatic carbocycles. The predicted molar refractivity (Wildman–Crippen MR) is 88.7 cm³/mol. The molecule has 1 fully saturated rings. The summed E-state index contributed by atoms with van der Waals surface area (Å²) in [4.78, 5) is 0. The van der Waals surface area contributed by atoms with Crippen LogP contribution >= 0.6 is 0 Å². The number of nitrogens with one attached hydrogen (secondary N) is 1. The zero-order valence-corrected chi connectivity index (χ0v) is 12.8. The molecule has 0 spiro atoms. The van der Waals surface area contributed by atoms with Crippen LogP contribution in [0.15, 0.2) is 54.6 Å². The van der Waals surface area contributed by atoms with Crippen molar-refractivity contribution in [3.05, 3.63) is 54.6 Å². The molecule has 0 unspecified atom stereocenters. The fraction of sp³-hybridized carbons (Fsp3) is 0.368. The third kappa shape index (κ3) is 4.50. The Kier molecular flexibility index (Phi) is 5.32. The Hall–Kier alpha value is -2.00. The Morgan fingerprint density at radius 3 is 2.55 bits per heavy atom. The van der Waals surface area contributed by atoms with Gasteiger partial charge in [-0.2, -0.15) is 0 Å². The van der Waals surface area contributed by atoms with Crippen molar-refractivity contribution in [2.45, 2.75) is 31.7 Å². The second-order valence-electron chi connectivity index (χ2n) is 5.67. The van der Waals surface area contributed by atoms with E-state index in [1.54, 1.807) is 0 Å². The lowest BCUT2D eigenvalue weighted by molar-refractivity contribution is 0.267. The summed E-state index contributed by atoms with van der Waals surface area (Å²) in [6.07, 6.45) is 4.96. The van der Waals surface area contributed by atoms with E-state index in [1.165, 1.54) is 19.3 Å². The molecule has 2 aromatic rings. The molecule has 0 aliphatic carbocycles. The molecule has 1 heterocycles. The zero-order valence-electron chi connectivity index (χ0n) is 12.8. The van der Waals surface area contributed by atoms with Crippen molar-refractivity contribution in [1.82, 2.24) is 5.32 Å². The SMILES string of the molecule is c1ccc(Oc2cccc(OCC[C@@H]3CCCCN3)c2)cc1. The topological polar surface area (TPSA) is 30.5 Å². The number of piperidine rings is 1. The number of ether oxygens (including phenoxy) is 2. The number of benzene rings is 2. The van der Waals surface area contributed by atoms with Gasteiger partial charge in [0.05, 0.1) is 6.61 Å². The average molecular weight is 297 g/mol. The zero-order chi connectivity index (χ0) is 15.0. The number of hydrogen-bond donors (Lipinski definition) is 1. The smallest absolute Gasteiger partial charge is 0.131 e. The fourth-order valence-corrected chi connectivity index (χ4v) is 2.74. The maximum absolute atomic E-state index is 5.87. The van der Waals surface area contributed by atoms with E-state index in [9.17, 15) is 0 Å². The summed E-state index contributed by atoms with van der Waals surface area (Å²) < 4.78 is 11.7. The Morgan fingerprint density at radius 1 is 0.909 bits per heavy atom. The molecule has 0 bridgehead atoms. The van der Waals surface area contributed by atoms with Crippen molar-refractivity contribution >= 4 is 0 Å². The second-order valence-corrected chi connectivity index (χ2v) is 5.67. The number of para-hydroxylation sites is 1. The van der Waals surface area contributed by atoms with Crippen molar-refractivity contribution in [3.63, 3.8) is 0 Å². The van der Waals surface area contributed by atoms with E-state index < -0.39 is 0 Å². The minimum absolute atomic E-state index is 0.609. The van der Waals surface area contributed by atoms with Gasteiger partial charge in [-0.3, -0.25) is 0 Å². The third-order valence-corrected chi connectivity index (χ3v) is 3.93. The van der Waals surface area contributed by atoms with Crippen LogP contribution in [0.2, 0.25) is 0 Å². The Morgan fingerprint density at radius 2 is 1.73 bits per heavy atom. The Bertz CT molecular complexity index is 565. The molecular formula is C19H23NO2. The van der Waals surface area contributed by atoms with Gasteiger partial charge in [-0.15, -0.1) is 0 Å². The molecule has 1 aliphatic heterocycles. The summed E-state index contributed by atoms with van der Waals surface area (Å²) in [6, 6.07) is 18.2. The summed E-state index contributed by atoms with van der Waals surface area (Å²) in [7, 11) is 0. The summed E-state index contributed by atoms with van der Waals surface area (Å²) in [5.41, 5.74) is 0. The highest BCUT2D eigenvalue weighted by Crippen LogP contribution is 2.25. The summed E-state index contributed by atoms with van der Waals surface area (Å²) in [5, 5.41) is 3.54. The van der Waals surface area contributed by atoms with Gasteiger partial charge < -0.3 is 14.8 Å². The third-order valence-electron chi connectivity index (χ3n) is 3.93. The standard InChI is InChI=1S/C19H23NO2/c1-2-8-17(9-3-1)22-19-11-6-10-18(15-19)21-14-12-16-7-4-5-13-20-16/h1-3,6,8-11,15-16,20H,4-5,7,12-14H2/t16-/m0/s1. The van der Waals surface area contributed by atoms with E-state index in [2.05, 4.69) is 5.32 Å². The largest absolute Gasteiger partial charge is 0.493 e. The fourth-order valence-electron chi connectivity index (χ4n) is 2.74. The first kappa shape index (κ1) is 14.9. The summed E-state index contributed by atoms with van der Waals surface area (Å²) in [6.45, 7) is 1.89. The highest BCUT2D eigenvalue weighted by molar-refractivity contribution is 5.36. The molecule has 0 radical (unpaired) electrons. The van der Waals surface area contributed by atoms with E-state index in [-0.39, 0.29) is 0 Å². The quantitative estimate of drug-likeness (QED) is 0.857. The van der Waals surface area contributed by atoms with Crippen LogP contribution < -0.4 is 14.8 Å². The summed E-state index contributed by atoms with van der Waals surface area (Å²) >= 11 is 0. The van der Waals surface area contributed by atoms with Gasteiger partial charge in [0.25, 0.3) is 0 Å². The molecule has 3 nitrogen and oxygen atoms in total. The van der Waals surface area contributed by atoms with E-state index in [0.29, 0.717) is 6.04 Å². The highest BCUT2D eigenvalue weighted by Gasteiger charge is 2.12. The molecule has 0 aromatic heterocycles. The molecule has 1 aliphatic rings. The minimum atomic E-state index is 0.609. The van der Waals surface area contributed by atoms with Crippen molar-refractivity contribution in [3.8, 4) is 17.2 Å². The first-order valence-electron chi connectivity index (χ1n) is 8.09. The van der Waals surface area contributed by atoms with Crippen LogP contribution in [-0.4, -0.2) is 19.2 Å². The van der Waals surface area contributed by atoms with Crippen LogP contribution in [0.4, 0.5) is 0 Å². The molecule has 3 heteroatoms. The van der Waals surface area contributed by atoms with Crippen molar-refractivity contribution in [2.24, 2.45) is 0 Å². The molecular weight excluding hydrogens is 274 g/mol. The number of rotatable bonds is 6. The van der Waals surface area contributed by atoms with Gasteiger partial charge in [0, 0.05) is 12.1 Å². The first-order chi connectivity index (χ1) is 10.9. The molecule has 116 valence electrons. The van der Waals surface area contributed by atoms with Gasteiger partial charge in [-0.1, -0.05) is 30.7 Å². The van der Waals surface area contributed by atoms with Crippen LogP contribution in [0.1, 0.15) is 25.7 Å². The van der Waals surface area contributed by atoms with Crippen molar-refractivity contribution in [1.29, 1.82) is 0 Å². The maximum atomic E-state index is 5.87. The molecule has 0 saturated carbocycles.